The highest BCUT2D eigenvalue weighted by molar-refractivity contribution is 6.07. The maximum Gasteiger partial charge on any atom is 0.252 e. The summed E-state index contributed by atoms with van der Waals surface area (Å²) in [6, 6.07) is 19.5. The maximum atomic E-state index is 12.8. The van der Waals surface area contributed by atoms with Crippen molar-refractivity contribution in [2.24, 2.45) is 0 Å². The third kappa shape index (κ3) is 3.32. The first-order chi connectivity index (χ1) is 12.8. The summed E-state index contributed by atoms with van der Waals surface area (Å²) in [5.74, 6) is -0.0964. The lowest BCUT2D eigenvalue weighted by Crippen LogP contribution is -2.27. The fourth-order valence-corrected chi connectivity index (χ4v) is 2.93. The van der Waals surface area contributed by atoms with Gasteiger partial charge in [-0.15, -0.1) is 0 Å². The van der Waals surface area contributed by atoms with E-state index in [-0.39, 0.29) is 5.91 Å². The van der Waals surface area contributed by atoms with Gasteiger partial charge in [-0.1, -0.05) is 48.5 Å². The normalized spacial score (nSPS) is 10.8. The first-order valence-electron chi connectivity index (χ1n) is 8.50. The highest BCUT2D eigenvalue weighted by Gasteiger charge is 2.13. The van der Waals surface area contributed by atoms with Crippen LogP contribution in [-0.4, -0.2) is 27.0 Å². The molecule has 1 amide bonds. The van der Waals surface area contributed by atoms with Gasteiger partial charge >= 0.3 is 0 Å². The van der Waals surface area contributed by atoms with E-state index in [1.807, 2.05) is 71.4 Å². The molecule has 5 nitrogen and oxygen atoms in total. The Bertz CT molecular complexity index is 1030. The third-order valence-corrected chi connectivity index (χ3v) is 4.25. The zero-order valence-corrected chi connectivity index (χ0v) is 14.2. The Morgan fingerprint density at radius 1 is 1.04 bits per heavy atom. The zero-order valence-electron chi connectivity index (χ0n) is 14.2. The van der Waals surface area contributed by atoms with Gasteiger partial charge in [-0.25, -0.2) is 9.97 Å². The van der Waals surface area contributed by atoms with Crippen LogP contribution in [0.25, 0.3) is 22.2 Å². The van der Waals surface area contributed by atoms with Crippen LogP contribution in [0, 0.1) is 0 Å². The van der Waals surface area contributed by atoms with Gasteiger partial charge in [0, 0.05) is 36.4 Å². The van der Waals surface area contributed by atoms with Crippen molar-refractivity contribution in [1.82, 2.24) is 19.9 Å². The zero-order chi connectivity index (χ0) is 17.8. The highest BCUT2D eigenvalue weighted by atomic mass is 16.1. The number of amides is 1. The molecule has 0 aliphatic heterocycles. The summed E-state index contributed by atoms with van der Waals surface area (Å²) < 4.78 is 1.93. The summed E-state index contributed by atoms with van der Waals surface area (Å²) in [7, 11) is 0. The molecule has 0 aliphatic carbocycles. The Hall–Kier alpha value is -3.47. The summed E-state index contributed by atoms with van der Waals surface area (Å²) in [6.07, 6.45) is 5.34. The number of hydrogen-bond acceptors (Lipinski definition) is 3. The molecule has 4 aromatic rings. The van der Waals surface area contributed by atoms with E-state index in [1.165, 1.54) is 0 Å². The summed E-state index contributed by atoms with van der Waals surface area (Å²) >= 11 is 0. The van der Waals surface area contributed by atoms with Gasteiger partial charge in [0.05, 0.1) is 23.1 Å². The van der Waals surface area contributed by atoms with Gasteiger partial charge in [0.15, 0.2) is 0 Å². The molecule has 0 spiro atoms. The van der Waals surface area contributed by atoms with Gasteiger partial charge in [0.1, 0.15) is 0 Å². The Morgan fingerprint density at radius 2 is 1.85 bits per heavy atom. The van der Waals surface area contributed by atoms with E-state index in [1.54, 1.807) is 12.5 Å². The molecule has 0 fully saturated rings. The fraction of sp³-hybridized carbons (Fsp3) is 0.0952. The van der Waals surface area contributed by atoms with Crippen molar-refractivity contribution < 1.29 is 4.79 Å². The van der Waals surface area contributed by atoms with Crippen LogP contribution in [0.3, 0.4) is 0 Å². The van der Waals surface area contributed by atoms with Crippen molar-refractivity contribution in [3.63, 3.8) is 0 Å². The lowest BCUT2D eigenvalue weighted by Gasteiger charge is -2.11. The van der Waals surface area contributed by atoms with Crippen molar-refractivity contribution in [2.75, 3.05) is 6.54 Å². The molecule has 0 saturated heterocycles. The Labute approximate surface area is 151 Å². The third-order valence-electron chi connectivity index (χ3n) is 4.25. The van der Waals surface area contributed by atoms with Crippen molar-refractivity contribution in [3.8, 4) is 11.3 Å². The molecule has 2 aromatic heterocycles. The van der Waals surface area contributed by atoms with Gasteiger partial charge in [0.2, 0.25) is 0 Å². The van der Waals surface area contributed by atoms with E-state index in [0.717, 1.165) is 22.2 Å². The number of nitrogens with one attached hydrogen (secondary N) is 1. The summed E-state index contributed by atoms with van der Waals surface area (Å²) in [4.78, 5) is 21.5. The Morgan fingerprint density at radius 3 is 2.65 bits per heavy atom. The molecule has 0 unspecified atom stereocenters. The lowest BCUT2D eigenvalue weighted by molar-refractivity contribution is 0.0954. The van der Waals surface area contributed by atoms with Crippen molar-refractivity contribution in [2.45, 2.75) is 6.54 Å². The van der Waals surface area contributed by atoms with Gasteiger partial charge in [0.25, 0.3) is 5.91 Å². The van der Waals surface area contributed by atoms with Gasteiger partial charge in [-0.3, -0.25) is 4.79 Å². The quantitative estimate of drug-likeness (QED) is 0.603. The molecule has 128 valence electrons. The van der Waals surface area contributed by atoms with E-state index in [2.05, 4.69) is 10.3 Å². The number of carbonyl (C=O) groups excluding carboxylic acids is 1. The van der Waals surface area contributed by atoms with Crippen molar-refractivity contribution in [1.29, 1.82) is 0 Å². The SMILES string of the molecule is O=C(NCCn1ccnc1)c1cc(-c2ccccc2)nc2ccccc12. The van der Waals surface area contributed by atoms with E-state index >= 15 is 0 Å². The number of nitrogens with zero attached hydrogens (tertiary/aromatic N) is 3. The molecule has 4 rings (SSSR count). The number of fused-ring (bicyclic) bond motifs is 1. The van der Waals surface area contributed by atoms with Crippen LogP contribution < -0.4 is 5.32 Å². The number of carbonyl (C=O) groups is 1. The Kier molecular flexibility index (Phi) is 4.43. The number of rotatable bonds is 5. The Balaban J connectivity index is 1.65. The topological polar surface area (TPSA) is 59.8 Å². The monoisotopic (exact) mass is 342 g/mol. The first-order valence-corrected chi connectivity index (χ1v) is 8.50. The second kappa shape index (κ2) is 7.19. The van der Waals surface area contributed by atoms with E-state index in [4.69, 9.17) is 4.98 Å². The maximum absolute atomic E-state index is 12.8. The van der Waals surface area contributed by atoms with Gasteiger partial charge in [-0.05, 0) is 12.1 Å². The molecule has 26 heavy (non-hydrogen) atoms. The number of imidazole rings is 1. The minimum atomic E-state index is -0.0964. The van der Waals surface area contributed by atoms with Crippen LogP contribution in [0.15, 0.2) is 79.4 Å². The van der Waals surface area contributed by atoms with Crippen LogP contribution >= 0.6 is 0 Å². The van der Waals surface area contributed by atoms with Crippen LogP contribution in [0.1, 0.15) is 10.4 Å². The summed E-state index contributed by atoms with van der Waals surface area (Å²) in [6.45, 7) is 1.22. The molecule has 0 atom stereocenters. The van der Waals surface area contributed by atoms with Crippen LogP contribution in [0.5, 0.6) is 0 Å². The largest absolute Gasteiger partial charge is 0.350 e. The number of pyridine rings is 1. The number of aromatic nitrogens is 3. The molecular weight excluding hydrogens is 324 g/mol. The van der Waals surface area contributed by atoms with E-state index in [9.17, 15) is 4.79 Å². The smallest absolute Gasteiger partial charge is 0.252 e. The number of para-hydroxylation sites is 1. The minimum absolute atomic E-state index is 0.0964. The molecular formula is C21H18N4O. The molecule has 0 bridgehead atoms. The lowest BCUT2D eigenvalue weighted by atomic mass is 10.0. The van der Waals surface area contributed by atoms with Gasteiger partial charge in [-0.2, -0.15) is 0 Å². The molecule has 2 heterocycles. The number of hydrogen-bond donors (Lipinski definition) is 1. The second-order valence-corrected chi connectivity index (χ2v) is 5.99. The summed E-state index contributed by atoms with van der Waals surface area (Å²) in [5.41, 5.74) is 3.24. The highest BCUT2D eigenvalue weighted by Crippen LogP contribution is 2.24. The van der Waals surface area contributed by atoms with Crippen LogP contribution in [0.4, 0.5) is 0 Å². The first kappa shape index (κ1) is 16.0. The molecule has 1 N–H and O–H groups in total. The standard InChI is InChI=1S/C21H18N4O/c26-21(23-11-13-25-12-10-22-15-25)18-14-20(16-6-2-1-3-7-16)24-19-9-5-4-8-17(18)19/h1-10,12,14-15H,11,13H2,(H,23,26). The van der Waals surface area contributed by atoms with Gasteiger partial charge < -0.3 is 9.88 Å². The average Bonchev–Trinajstić information content (AvgIpc) is 3.21. The molecule has 2 aromatic carbocycles. The van der Waals surface area contributed by atoms with E-state index in [0.29, 0.717) is 18.7 Å². The van der Waals surface area contributed by atoms with Crippen molar-refractivity contribution in [3.05, 3.63) is 84.9 Å². The predicted molar refractivity (Wildman–Crippen MR) is 102 cm³/mol. The molecule has 0 aliphatic rings. The average molecular weight is 342 g/mol. The fourth-order valence-electron chi connectivity index (χ4n) is 2.93. The van der Waals surface area contributed by atoms with Crippen LogP contribution in [0.2, 0.25) is 0 Å². The minimum Gasteiger partial charge on any atom is -0.350 e. The van der Waals surface area contributed by atoms with E-state index < -0.39 is 0 Å². The molecule has 0 radical (unpaired) electrons. The van der Waals surface area contributed by atoms with Crippen molar-refractivity contribution >= 4 is 16.8 Å². The van der Waals surface area contributed by atoms with Crippen LogP contribution in [-0.2, 0) is 6.54 Å². The molecule has 0 saturated carbocycles. The number of benzene rings is 2. The predicted octanol–water partition coefficient (Wildman–Crippen LogP) is 3.53. The second-order valence-electron chi connectivity index (χ2n) is 5.99. The summed E-state index contributed by atoms with van der Waals surface area (Å²) in [5, 5.41) is 3.85. The molecule has 5 heteroatoms.